The summed E-state index contributed by atoms with van der Waals surface area (Å²) in [4.78, 5) is 30.7. The Morgan fingerprint density at radius 3 is 2.70 bits per heavy atom. The molecule has 0 unspecified atom stereocenters. The van der Waals surface area contributed by atoms with E-state index < -0.39 is 23.1 Å². The van der Waals surface area contributed by atoms with E-state index in [1.165, 1.54) is 26.4 Å². The first-order valence-corrected chi connectivity index (χ1v) is 9.86. The Hall–Kier alpha value is -3.06. The van der Waals surface area contributed by atoms with Crippen LogP contribution in [0, 0.1) is 5.92 Å². The molecule has 0 saturated heterocycles. The molecule has 1 spiro atoms. The van der Waals surface area contributed by atoms with Crippen LogP contribution in [0.4, 0.5) is 0 Å². The average Bonchev–Trinajstić information content (AvgIpc) is 3.07. The van der Waals surface area contributed by atoms with E-state index in [1.807, 2.05) is 19.1 Å². The van der Waals surface area contributed by atoms with Crippen LogP contribution in [0.2, 0.25) is 5.02 Å². The molecule has 0 radical (unpaired) electrons. The maximum Gasteiger partial charge on any atom is 0.236 e. The van der Waals surface area contributed by atoms with Gasteiger partial charge in [-0.15, -0.1) is 0 Å². The van der Waals surface area contributed by atoms with Crippen LogP contribution in [0.1, 0.15) is 29.3 Å². The molecule has 30 heavy (non-hydrogen) atoms. The van der Waals surface area contributed by atoms with Crippen molar-refractivity contribution in [2.24, 2.45) is 5.92 Å². The summed E-state index contributed by atoms with van der Waals surface area (Å²) >= 11 is 6.39. The van der Waals surface area contributed by atoms with Gasteiger partial charge in [0.05, 0.1) is 14.2 Å². The Bertz CT molecular complexity index is 1050. The van der Waals surface area contributed by atoms with Gasteiger partial charge in [-0.3, -0.25) is 14.6 Å². The van der Waals surface area contributed by atoms with E-state index in [0.29, 0.717) is 18.7 Å². The van der Waals surface area contributed by atoms with Gasteiger partial charge in [-0.2, -0.15) is 0 Å². The summed E-state index contributed by atoms with van der Waals surface area (Å²) in [5, 5.41) is 3.40. The van der Waals surface area contributed by atoms with Crippen molar-refractivity contribution in [3.63, 3.8) is 0 Å². The second kappa shape index (κ2) is 7.65. The number of nitrogens with zero attached hydrogens (tertiary/aromatic N) is 1. The Morgan fingerprint density at radius 2 is 2.07 bits per heavy atom. The normalized spacial score (nSPS) is 22.4. The van der Waals surface area contributed by atoms with Crippen LogP contribution in [-0.2, 0) is 11.3 Å². The predicted octanol–water partition coefficient (Wildman–Crippen LogP) is 3.35. The Labute approximate surface area is 179 Å². The Morgan fingerprint density at radius 1 is 1.30 bits per heavy atom. The zero-order valence-corrected chi connectivity index (χ0v) is 17.6. The molecule has 0 saturated carbocycles. The number of methoxy groups -OCH3 is 2. The van der Waals surface area contributed by atoms with E-state index in [-0.39, 0.29) is 22.1 Å². The van der Waals surface area contributed by atoms with Crippen molar-refractivity contribution in [3.8, 4) is 17.2 Å². The molecule has 1 N–H and O–H groups in total. The van der Waals surface area contributed by atoms with Gasteiger partial charge in [0.25, 0.3) is 0 Å². The molecule has 2 aliphatic rings. The summed E-state index contributed by atoms with van der Waals surface area (Å²) in [6, 6.07) is 5.32. The molecular formula is C22H21ClN2O5. The lowest BCUT2D eigenvalue weighted by Crippen LogP contribution is -2.55. The van der Waals surface area contributed by atoms with Crippen molar-refractivity contribution in [1.29, 1.82) is 0 Å². The molecule has 1 aromatic heterocycles. The molecule has 4 rings (SSSR count). The topological polar surface area (TPSA) is 86.8 Å². The van der Waals surface area contributed by atoms with Crippen molar-refractivity contribution in [3.05, 3.63) is 58.5 Å². The lowest BCUT2D eigenvalue weighted by Gasteiger charge is -2.35. The second-order valence-corrected chi connectivity index (χ2v) is 7.70. The summed E-state index contributed by atoms with van der Waals surface area (Å²) in [5.74, 6) is -0.594. The number of hydrogen-bond donors (Lipinski definition) is 1. The van der Waals surface area contributed by atoms with Gasteiger partial charge in [-0.1, -0.05) is 24.6 Å². The number of ketones is 2. The Balaban J connectivity index is 1.66. The van der Waals surface area contributed by atoms with Gasteiger partial charge in [-0.05, 0) is 18.1 Å². The molecule has 0 bridgehead atoms. The third kappa shape index (κ3) is 3.01. The number of benzene rings is 1. The predicted molar refractivity (Wildman–Crippen MR) is 110 cm³/mol. The van der Waals surface area contributed by atoms with Crippen LogP contribution in [0.25, 0.3) is 0 Å². The summed E-state index contributed by atoms with van der Waals surface area (Å²) in [7, 11) is 2.89. The molecule has 0 amide bonds. The van der Waals surface area contributed by atoms with Crippen molar-refractivity contribution in [2.45, 2.75) is 25.5 Å². The third-order valence-electron chi connectivity index (χ3n) is 5.55. The van der Waals surface area contributed by atoms with E-state index in [0.717, 1.165) is 11.3 Å². The molecule has 156 valence electrons. The SMILES string of the molecule is COc1cc(OC)c2c(c1Cl)O[C@@]1(C(=O)C=C(NCc3cccnc3)C[C@H]1C)C2=O. The smallest absolute Gasteiger partial charge is 0.236 e. The molecule has 1 aliphatic carbocycles. The molecule has 2 heterocycles. The minimum atomic E-state index is -1.66. The van der Waals surface area contributed by atoms with Gasteiger partial charge in [0.1, 0.15) is 22.1 Å². The van der Waals surface area contributed by atoms with E-state index >= 15 is 0 Å². The molecule has 8 heteroatoms. The van der Waals surface area contributed by atoms with Gasteiger partial charge in [-0.25, -0.2) is 0 Å². The summed E-state index contributed by atoms with van der Waals surface area (Å²) < 4.78 is 16.6. The number of carbonyl (C=O) groups is 2. The minimum absolute atomic E-state index is 0.123. The number of carbonyl (C=O) groups excluding carboxylic acids is 2. The number of rotatable bonds is 5. The maximum atomic E-state index is 13.4. The van der Waals surface area contributed by atoms with Crippen LogP contribution in [0.3, 0.4) is 0 Å². The second-order valence-electron chi connectivity index (χ2n) is 7.32. The maximum absolute atomic E-state index is 13.4. The van der Waals surface area contributed by atoms with Gasteiger partial charge in [0.2, 0.25) is 17.2 Å². The van der Waals surface area contributed by atoms with Crippen molar-refractivity contribution in [2.75, 3.05) is 14.2 Å². The average molecular weight is 429 g/mol. The number of Topliss-reactive ketones (excluding diaryl/α,β-unsaturated/α-hetero) is 1. The van der Waals surface area contributed by atoms with Gasteiger partial charge >= 0.3 is 0 Å². The monoisotopic (exact) mass is 428 g/mol. The quantitative estimate of drug-likeness (QED) is 0.730. The van der Waals surface area contributed by atoms with Gasteiger partial charge in [0.15, 0.2) is 5.75 Å². The zero-order valence-electron chi connectivity index (χ0n) is 16.8. The lowest BCUT2D eigenvalue weighted by atomic mass is 9.74. The van der Waals surface area contributed by atoms with E-state index in [4.69, 9.17) is 25.8 Å². The van der Waals surface area contributed by atoms with Gasteiger partial charge in [0, 0.05) is 42.7 Å². The first-order chi connectivity index (χ1) is 14.4. The van der Waals surface area contributed by atoms with Crippen LogP contribution >= 0.6 is 11.6 Å². The number of aromatic nitrogens is 1. The van der Waals surface area contributed by atoms with Crippen LogP contribution in [0.15, 0.2) is 42.4 Å². The number of allylic oxidation sites excluding steroid dienone is 1. The number of halogens is 1. The van der Waals surface area contributed by atoms with Crippen LogP contribution in [-0.4, -0.2) is 36.4 Å². The fourth-order valence-electron chi connectivity index (χ4n) is 3.97. The van der Waals surface area contributed by atoms with Crippen molar-refractivity contribution >= 4 is 23.2 Å². The fraction of sp³-hybridized carbons (Fsp3) is 0.318. The number of pyridine rings is 1. The fourth-order valence-corrected chi connectivity index (χ4v) is 4.24. The van der Waals surface area contributed by atoms with Crippen LogP contribution in [0.5, 0.6) is 17.2 Å². The zero-order chi connectivity index (χ0) is 21.5. The van der Waals surface area contributed by atoms with E-state index in [1.54, 1.807) is 12.4 Å². The van der Waals surface area contributed by atoms with Crippen molar-refractivity contribution < 1.29 is 23.8 Å². The number of ether oxygens (including phenoxy) is 3. The van der Waals surface area contributed by atoms with Crippen LogP contribution < -0.4 is 19.5 Å². The van der Waals surface area contributed by atoms with E-state index in [2.05, 4.69) is 10.3 Å². The number of nitrogens with one attached hydrogen (secondary N) is 1. The molecule has 1 aliphatic heterocycles. The van der Waals surface area contributed by atoms with Gasteiger partial charge < -0.3 is 19.5 Å². The largest absolute Gasteiger partial charge is 0.496 e. The number of hydrogen-bond acceptors (Lipinski definition) is 7. The highest BCUT2D eigenvalue weighted by Crippen LogP contribution is 2.52. The highest BCUT2D eigenvalue weighted by atomic mass is 35.5. The lowest BCUT2D eigenvalue weighted by molar-refractivity contribution is -0.129. The molecule has 7 nitrogen and oxygen atoms in total. The standard InChI is InChI=1S/C22H21ClN2O5/c1-12-7-14(25-11-13-5-4-6-24-10-13)8-17(26)22(12)21(27)18-15(28-2)9-16(29-3)19(23)20(18)30-22/h4-6,8-10,12,25H,7,11H2,1-3H3/t12-,22+/m1/s1. The highest BCUT2D eigenvalue weighted by molar-refractivity contribution is 6.36. The summed E-state index contributed by atoms with van der Waals surface area (Å²) in [5.41, 5.74) is 0.238. The molecule has 2 atom stereocenters. The molecule has 0 fully saturated rings. The molecule has 2 aromatic rings. The molecular weight excluding hydrogens is 408 g/mol. The minimum Gasteiger partial charge on any atom is -0.496 e. The van der Waals surface area contributed by atoms with E-state index in [9.17, 15) is 9.59 Å². The highest BCUT2D eigenvalue weighted by Gasteiger charge is 2.60. The Kier molecular flexibility index (Phi) is 5.15. The summed E-state index contributed by atoms with van der Waals surface area (Å²) in [6.07, 6.45) is 5.36. The third-order valence-corrected chi connectivity index (χ3v) is 5.91. The van der Waals surface area contributed by atoms with Crippen molar-refractivity contribution in [1.82, 2.24) is 10.3 Å². The molecule has 1 aromatic carbocycles. The first-order valence-electron chi connectivity index (χ1n) is 9.48. The first kappa shape index (κ1) is 20.2. The summed E-state index contributed by atoms with van der Waals surface area (Å²) in [6.45, 7) is 2.34. The number of fused-ring (bicyclic) bond motifs is 1.